The van der Waals surface area contributed by atoms with Crippen LogP contribution in [-0.4, -0.2) is 32.1 Å². The summed E-state index contributed by atoms with van der Waals surface area (Å²) in [5, 5.41) is 14.6. The summed E-state index contributed by atoms with van der Waals surface area (Å²) in [7, 11) is 1.83. The summed E-state index contributed by atoms with van der Waals surface area (Å²) in [4.78, 5) is 11.6. The number of aromatic nitrogens is 4. The minimum absolute atomic E-state index is 0.313. The van der Waals surface area contributed by atoms with E-state index in [-0.39, 0.29) is 5.91 Å². The summed E-state index contributed by atoms with van der Waals surface area (Å²) in [6, 6.07) is 1.65. The fourth-order valence-electron chi connectivity index (χ4n) is 1.50. The number of nitrogens with zero attached hydrogens (tertiary/aromatic N) is 4. The molecule has 7 heteroatoms. The fourth-order valence-corrected chi connectivity index (χ4v) is 1.50. The van der Waals surface area contributed by atoms with Gasteiger partial charge < -0.3 is 0 Å². The summed E-state index contributed by atoms with van der Waals surface area (Å²) in [6.07, 6.45) is 3.38. The van der Waals surface area contributed by atoms with Crippen molar-refractivity contribution in [2.75, 3.05) is 0 Å². The standard InChI is InChI=1S/C11H14N6O/c1-7-4-10(14-13-7)11(18)15-12-5-9-6-17(3)16-8(9)2/h4-6H,1-3H3,(H,13,14)(H,15,18)/b12-5-. The summed E-state index contributed by atoms with van der Waals surface area (Å²) in [5.41, 5.74) is 5.26. The lowest BCUT2D eigenvalue weighted by Gasteiger charge is -1.93. The zero-order valence-corrected chi connectivity index (χ0v) is 10.4. The van der Waals surface area contributed by atoms with Crippen LogP contribution in [0.25, 0.3) is 0 Å². The van der Waals surface area contributed by atoms with Crippen molar-refractivity contribution < 1.29 is 4.79 Å². The average Bonchev–Trinajstić information content (AvgIpc) is 2.86. The van der Waals surface area contributed by atoms with Crippen LogP contribution in [-0.2, 0) is 7.05 Å². The maximum Gasteiger partial charge on any atom is 0.291 e. The molecular formula is C11H14N6O. The number of nitrogens with one attached hydrogen (secondary N) is 2. The molecule has 0 fully saturated rings. The molecule has 0 aromatic carbocycles. The van der Waals surface area contributed by atoms with E-state index in [1.165, 1.54) is 0 Å². The van der Waals surface area contributed by atoms with E-state index in [1.807, 2.05) is 27.1 Å². The molecule has 18 heavy (non-hydrogen) atoms. The van der Waals surface area contributed by atoms with Crippen LogP contribution in [0.1, 0.15) is 27.4 Å². The van der Waals surface area contributed by atoms with E-state index < -0.39 is 0 Å². The first kappa shape index (κ1) is 12.0. The van der Waals surface area contributed by atoms with Gasteiger partial charge in [-0.2, -0.15) is 15.3 Å². The van der Waals surface area contributed by atoms with Crippen molar-refractivity contribution in [3.63, 3.8) is 0 Å². The molecule has 0 bridgehead atoms. The highest BCUT2D eigenvalue weighted by Crippen LogP contribution is 2.00. The number of aromatic amines is 1. The van der Waals surface area contributed by atoms with E-state index in [0.29, 0.717) is 5.69 Å². The second kappa shape index (κ2) is 4.82. The van der Waals surface area contributed by atoms with E-state index in [4.69, 9.17) is 0 Å². The molecule has 0 spiro atoms. The van der Waals surface area contributed by atoms with Crippen LogP contribution in [0.5, 0.6) is 0 Å². The molecule has 2 rings (SSSR count). The molecule has 0 saturated heterocycles. The lowest BCUT2D eigenvalue weighted by atomic mass is 10.3. The van der Waals surface area contributed by atoms with Crippen molar-refractivity contribution in [1.29, 1.82) is 0 Å². The zero-order valence-electron chi connectivity index (χ0n) is 10.4. The van der Waals surface area contributed by atoms with Gasteiger partial charge in [-0.15, -0.1) is 0 Å². The smallest absolute Gasteiger partial charge is 0.282 e. The van der Waals surface area contributed by atoms with Gasteiger partial charge in [0.25, 0.3) is 5.91 Å². The van der Waals surface area contributed by atoms with Gasteiger partial charge in [0.2, 0.25) is 0 Å². The number of carbonyl (C=O) groups is 1. The highest BCUT2D eigenvalue weighted by atomic mass is 16.2. The Morgan fingerprint density at radius 3 is 2.89 bits per heavy atom. The quantitative estimate of drug-likeness (QED) is 0.611. The Bertz CT molecular complexity index is 594. The molecular weight excluding hydrogens is 232 g/mol. The molecule has 0 radical (unpaired) electrons. The lowest BCUT2D eigenvalue weighted by molar-refractivity contribution is 0.0950. The predicted octanol–water partition coefficient (Wildman–Crippen LogP) is 0.524. The van der Waals surface area contributed by atoms with Crippen LogP contribution in [0.2, 0.25) is 0 Å². The first-order valence-electron chi connectivity index (χ1n) is 5.42. The molecule has 2 aromatic heterocycles. The minimum Gasteiger partial charge on any atom is -0.282 e. The lowest BCUT2D eigenvalue weighted by Crippen LogP contribution is -2.18. The number of H-pyrrole nitrogens is 1. The molecule has 1 amide bonds. The predicted molar refractivity (Wildman–Crippen MR) is 66.3 cm³/mol. The van der Waals surface area contributed by atoms with Crippen LogP contribution >= 0.6 is 0 Å². The summed E-state index contributed by atoms with van der Waals surface area (Å²) in [6.45, 7) is 3.70. The first-order valence-corrected chi connectivity index (χ1v) is 5.42. The number of aryl methyl sites for hydroxylation is 3. The van der Waals surface area contributed by atoms with Gasteiger partial charge >= 0.3 is 0 Å². The summed E-state index contributed by atoms with van der Waals surface area (Å²) < 4.78 is 1.69. The van der Waals surface area contributed by atoms with Crippen molar-refractivity contribution in [2.45, 2.75) is 13.8 Å². The van der Waals surface area contributed by atoms with Crippen LogP contribution in [0.3, 0.4) is 0 Å². The van der Waals surface area contributed by atoms with Gasteiger partial charge in [0.05, 0.1) is 11.9 Å². The molecule has 2 heterocycles. The second-order valence-electron chi connectivity index (χ2n) is 3.98. The van der Waals surface area contributed by atoms with Crippen LogP contribution in [0.4, 0.5) is 0 Å². The fraction of sp³-hybridized carbons (Fsp3) is 0.273. The van der Waals surface area contributed by atoms with Gasteiger partial charge in [-0.05, 0) is 19.9 Å². The Hall–Kier alpha value is -2.44. The topological polar surface area (TPSA) is 88.0 Å². The van der Waals surface area contributed by atoms with Gasteiger partial charge in [-0.3, -0.25) is 14.6 Å². The minimum atomic E-state index is -0.350. The van der Waals surface area contributed by atoms with E-state index in [1.54, 1.807) is 17.0 Å². The van der Waals surface area contributed by atoms with Crippen molar-refractivity contribution in [3.05, 3.63) is 34.9 Å². The Kier molecular flexibility index (Phi) is 3.22. The van der Waals surface area contributed by atoms with Gasteiger partial charge in [0.15, 0.2) is 5.69 Å². The molecule has 0 unspecified atom stereocenters. The number of amides is 1. The Morgan fingerprint density at radius 1 is 1.56 bits per heavy atom. The monoisotopic (exact) mass is 246 g/mol. The van der Waals surface area contributed by atoms with Crippen molar-refractivity contribution in [1.82, 2.24) is 25.4 Å². The molecule has 94 valence electrons. The molecule has 0 atom stereocenters. The van der Waals surface area contributed by atoms with Crippen LogP contribution in [0.15, 0.2) is 17.4 Å². The third-order valence-electron chi connectivity index (χ3n) is 2.36. The van der Waals surface area contributed by atoms with Crippen molar-refractivity contribution >= 4 is 12.1 Å². The molecule has 2 aromatic rings. The van der Waals surface area contributed by atoms with E-state index in [2.05, 4.69) is 25.8 Å². The Labute approximate surface area is 104 Å². The van der Waals surface area contributed by atoms with Gasteiger partial charge in [0.1, 0.15) is 0 Å². The largest absolute Gasteiger partial charge is 0.291 e. The number of carbonyl (C=O) groups excluding carboxylic acids is 1. The summed E-state index contributed by atoms with van der Waals surface area (Å²) in [5.74, 6) is -0.350. The SMILES string of the molecule is Cc1cc(C(=O)N/N=C\c2cn(C)nc2C)n[nH]1. The zero-order chi connectivity index (χ0) is 13.1. The van der Waals surface area contributed by atoms with Gasteiger partial charge in [0, 0.05) is 24.5 Å². The number of rotatable bonds is 3. The number of hydrogen-bond donors (Lipinski definition) is 2. The van der Waals surface area contributed by atoms with Gasteiger partial charge in [-0.1, -0.05) is 0 Å². The van der Waals surface area contributed by atoms with E-state index in [0.717, 1.165) is 17.0 Å². The van der Waals surface area contributed by atoms with Crippen LogP contribution < -0.4 is 5.43 Å². The Morgan fingerprint density at radius 2 is 2.33 bits per heavy atom. The van der Waals surface area contributed by atoms with Crippen molar-refractivity contribution in [3.8, 4) is 0 Å². The third kappa shape index (κ3) is 2.62. The maximum absolute atomic E-state index is 11.6. The average molecular weight is 246 g/mol. The maximum atomic E-state index is 11.6. The molecule has 2 N–H and O–H groups in total. The number of hydrogen-bond acceptors (Lipinski definition) is 4. The Balaban J connectivity index is 1.99. The number of hydrazone groups is 1. The molecule has 0 aliphatic carbocycles. The van der Waals surface area contributed by atoms with Crippen molar-refractivity contribution in [2.24, 2.45) is 12.1 Å². The second-order valence-corrected chi connectivity index (χ2v) is 3.98. The molecule has 7 nitrogen and oxygen atoms in total. The van der Waals surface area contributed by atoms with Gasteiger partial charge in [-0.25, -0.2) is 5.43 Å². The third-order valence-corrected chi connectivity index (χ3v) is 2.36. The summed E-state index contributed by atoms with van der Waals surface area (Å²) >= 11 is 0. The highest BCUT2D eigenvalue weighted by Gasteiger charge is 2.07. The van der Waals surface area contributed by atoms with E-state index >= 15 is 0 Å². The first-order chi connectivity index (χ1) is 8.56. The molecule has 0 saturated carbocycles. The normalized spacial score (nSPS) is 11.1. The van der Waals surface area contributed by atoms with Crippen LogP contribution in [0, 0.1) is 13.8 Å². The molecule has 0 aliphatic rings. The highest BCUT2D eigenvalue weighted by molar-refractivity contribution is 5.93. The van der Waals surface area contributed by atoms with E-state index in [9.17, 15) is 4.79 Å². The molecule has 0 aliphatic heterocycles.